The first-order valence-corrected chi connectivity index (χ1v) is 30.7. The lowest BCUT2D eigenvalue weighted by Crippen LogP contribution is -2.48. The largest absolute Gasteiger partial charge is 0.463 e. The van der Waals surface area contributed by atoms with Gasteiger partial charge in [0.25, 0.3) is 0 Å². The average Bonchev–Trinajstić information content (AvgIpc) is 3.71. The molecule has 0 radical (unpaired) electrons. The van der Waals surface area contributed by atoms with Crippen molar-refractivity contribution in [1.82, 2.24) is 16.0 Å². The molecule has 1 heterocycles. The summed E-state index contributed by atoms with van der Waals surface area (Å²) in [5.74, 6) is -2.24. The second kappa shape index (κ2) is 46.1. The average molecular weight is 1050 g/mol. The molecule has 1 rings (SSSR count). The van der Waals surface area contributed by atoms with E-state index in [1.807, 2.05) is 13.8 Å². The highest BCUT2D eigenvalue weighted by molar-refractivity contribution is 5.92. The van der Waals surface area contributed by atoms with Crippen LogP contribution in [0.5, 0.6) is 0 Å². The fourth-order valence-electron chi connectivity index (χ4n) is 9.87. The van der Waals surface area contributed by atoms with Crippen LogP contribution in [0.1, 0.15) is 299 Å². The first kappa shape index (κ1) is 69.0. The summed E-state index contributed by atoms with van der Waals surface area (Å²) in [7, 11) is 0. The number of rotatable bonds is 51. The van der Waals surface area contributed by atoms with E-state index in [4.69, 9.17) is 18.9 Å². The third-order valence-corrected chi connectivity index (χ3v) is 14.4. The molecule has 0 aliphatic carbocycles. The van der Waals surface area contributed by atoms with Crippen molar-refractivity contribution in [3.63, 3.8) is 0 Å². The van der Waals surface area contributed by atoms with Gasteiger partial charge >= 0.3 is 11.9 Å². The number of hydrogen-bond donors (Lipinski definition) is 3. The number of nitrogens with one attached hydrogen (secondary N) is 3. The molecular formula is C61H113N3O10. The molecule has 1 aliphatic heterocycles. The fourth-order valence-corrected chi connectivity index (χ4v) is 9.87. The summed E-state index contributed by atoms with van der Waals surface area (Å²) < 4.78 is 23.2. The van der Waals surface area contributed by atoms with Gasteiger partial charge in [0.05, 0.1) is 25.2 Å². The van der Waals surface area contributed by atoms with Crippen molar-refractivity contribution < 1.29 is 47.7 Å². The van der Waals surface area contributed by atoms with Crippen LogP contribution < -0.4 is 16.0 Å². The van der Waals surface area contributed by atoms with Crippen molar-refractivity contribution in [1.29, 1.82) is 0 Å². The van der Waals surface area contributed by atoms with Gasteiger partial charge in [-0.05, 0) is 71.6 Å². The fraction of sp³-hybridized carbons (Fsp3) is 0.902. The van der Waals surface area contributed by atoms with E-state index >= 15 is 0 Å². The maximum Gasteiger partial charge on any atom is 0.306 e. The Hall–Kier alpha value is -3.06. The first-order valence-electron chi connectivity index (χ1n) is 30.7. The van der Waals surface area contributed by atoms with Gasteiger partial charge in [0.1, 0.15) is 24.5 Å². The van der Waals surface area contributed by atoms with Crippen LogP contribution >= 0.6 is 0 Å². The highest BCUT2D eigenvalue weighted by atomic mass is 16.7. The number of Topliss-reactive ketones (excluding diaryl/α,β-unsaturated/α-hetero) is 1. The molecule has 0 aromatic rings. The Morgan fingerprint density at radius 3 is 1.57 bits per heavy atom. The van der Waals surface area contributed by atoms with Crippen LogP contribution in [0.4, 0.5) is 0 Å². The van der Waals surface area contributed by atoms with Crippen molar-refractivity contribution in [3.8, 4) is 0 Å². The van der Waals surface area contributed by atoms with E-state index in [2.05, 4.69) is 43.6 Å². The summed E-state index contributed by atoms with van der Waals surface area (Å²) >= 11 is 0. The Bertz CT molecular complexity index is 1460. The molecule has 3 N–H and O–H groups in total. The number of carbonyl (C=O) groups excluding carboxylic acids is 6. The number of hydrogen-bond acceptors (Lipinski definition) is 10. The number of amides is 3. The summed E-state index contributed by atoms with van der Waals surface area (Å²) in [6, 6.07) is -1.54. The number of unbranched alkanes of at least 4 members (excludes halogenated alkanes) is 25. The van der Waals surface area contributed by atoms with Crippen LogP contribution in [0.3, 0.4) is 0 Å². The van der Waals surface area contributed by atoms with E-state index in [1.165, 1.54) is 135 Å². The molecule has 13 heteroatoms. The van der Waals surface area contributed by atoms with Crippen LogP contribution in [-0.4, -0.2) is 85.3 Å². The Balaban J connectivity index is 2.80. The van der Waals surface area contributed by atoms with Crippen molar-refractivity contribution in [2.24, 2.45) is 5.92 Å². The van der Waals surface area contributed by atoms with Gasteiger partial charge in [0.15, 0.2) is 5.79 Å². The van der Waals surface area contributed by atoms with Gasteiger partial charge in [-0.1, -0.05) is 201 Å². The van der Waals surface area contributed by atoms with Crippen LogP contribution in [0.25, 0.3) is 0 Å². The summed E-state index contributed by atoms with van der Waals surface area (Å²) in [6.45, 7) is 14.8. The van der Waals surface area contributed by atoms with E-state index in [0.29, 0.717) is 45.1 Å². The van der Waals surface area contributed by atoms with E-state index < -0.39 is 35.8 Å². The van der Waals surface area contributed by atoms with Gasteiger partial charge < -0.3 is 34.9 Å². The van der Waals surface area contributed by atoms with Gasteiger partial charge in [-0.25, -0.2) is 0 Å². The van der Waals surface area contributed by atoms with Crippen LogP contribution in [-0.2, 0) is 47.7 Å². The van der Waals surface area contributed by atoms with E-state index in [1.54, 1.807) is 0 Å². The van der Waals surface area contributed by atoms with Crippen molar-refractivity contribution in [2.75, 3.05) is 19.8 Å². The molecule has 13 nitrogen and oxygen atoms in total. The first-order chi connectivity index (χ1) is 35.7. The Labute approximate surface area is 452 Å². The van der Waals surface area contributed by atoms with E-state index in [9.17, 15) is 28.8 Å². The summed E-state index contributed by atoms with van der Waals surface area (Å²) in [5, 5.41) is 8.78. The molecule has 0 aromatic heterocycles. The maximum atomic E-state index is 13.6. The molecule has 3 amide bonds. The highest BCUT2D eigenvalue weighted by Crippen LogP contribution is 2.26. The smallest absolute Gasteiger partial charge is 0.306 e. The van der Waals surface area contributed by atoms with Crippen molar-refractivity contribution >= 4 is 35.4 Å². The number of carbonyl (C=O) groups is 6. The molecule has 74 heavy (non-hydrogen) atoms. The maximum absolute atomic E-state index is 13.6. The molecule has 1 saturated heterocycles. The van der Waals surface area contributed by atoms with Crippen molar-refractivity contribution in [2.45, 2.75) is 329 Å². The highest BCUT2D eigenvalue weighted by Gasteiger charge is 2.32. The minimum Gasteiger partial charge on any atom is -0.463 e. The van der Waals surface area contributed by atoms with Gasteiger partial charge in [0.2, 0.25) is 17.7 Å². The lowest BCUT2D eigenvalue weighted by Gasteiger charge is -2.22. The molecule has 5 atom stereocenters. The third kappa shape index (κ3) is 41.1. The molecule has 0 saturated carbocycles. The van der Waals surface area contributed by atoms with E-state index in [-0.39, 0.29) is 68.1 Å². The molecule has 0 bridgehead atoms. The second-order valence-electron chi connectivity index (χ2n) is 22.5. The van der Waals surface area contributed by atoms with Gasteiger partial charge in [-0.2, -0.15) is 0 Å². The van der Waals surface area contributed by atoms with Crippen LogP contribution in [0.15, 0.2) is 0 Å². The van der Waals surface area contributed by atoms with E-state index in [0.717, 1.165) is 64.2 Å². The normalized spacial score (nSPS) is 15.7. The Morgan fingerprint density at radius 1 is 0.554 bits per heavy atom. The number of esters is 2. The quantitative estimate of drug-likeness (QED) is 0.0393. The van der Waals surface area contributed by atoms with Crippen LogP contribution in [0, 0.1) is 5.92 Å². The molecular weight excluding hydrogens is 935 g/mol. The predicted molar refractivity (Wildman–Crippen MR) is 300 cm³/mol. The Kier molecular flexibility index (Phi) is 42.9. The molecule has 432 valence electrons. The topological polar surface area (TPSA) is 175 Å². The third-order valence-electron chi connectivity index (χ3n) is 14.4. The van der Waals surface area contributed by atoms with Crippen molar-refractivity contribution in [3.05, 3.63) is 0 Å². The lowest BCUT2D eigenvalue weighted by atomic mass is 9.98. The summed E-state index contributed by atoms with van der Waals surface area (Å²) in [4.78, 5) is 78.7. The van der Waals surface area contributed by atoms with Gasteiger partial charge in [0, 0.05) is 32.2 Å². The Morgan fingerprint density at radius 2 is 1.04 bits per heavy atom. The summed E-state index contributed by atoms with van der Waals surface area (Å²) in [5.41, 5.74) is 0. The molecule has 0 aromatic carbocycles. The lowest BCUT2D eigenvalue weighted by molar-refractivity contribution is -0.151. The predicted octanol–water partition coefficient (Wildman–Crippen LogP) is 14.2. The zero-order chi connectivity index (χ0) is 54.5. The second-order valence-corrected chi connectivity index (χ2v) is 22.5. The summed E-state index contributed by atoms with van der Waals surface area (Å²) in [6.07, 6.45) is 36.7. The SMILES string of the molecule is CCCCCCCCCCCC(=O)O[C@H](CCCCCCCCCCC)CC(=O)N[C@@H](CC(C)=O)C(=O)NCCC[C@H](COC(=O)CCCCC1COC(C)(C)O1)NC(=O)C[C@H](C)CCCCCCCCCCC. The zero-order valence-corrected chi connectivity index (χ0v) is 48.7. The van der Waals surface area contributed by atoms with Gasteiger partial charge in [-0.3, -0.25) is 28.8 Å². The zero-order valence-electron chi connectivity index (χ0n) is 48.7. The number of ether oxygens (including phenoxy) is 4. The van der Waals surface area contributed by atoms with Gasteiger partial charge in [-0.15, -0.1) is 0 Å². The standard InChI is InChI=1S/C61H113N3O10/c1-8-11-14-17-20-23-26-29-32-38-50(4)45-56(66)63-52(48-71-58(68)42-36-35-41-54-49-72-61(6,7)74-54)39-37-44-62-60(70)55(46-51(5)65)64-57(67)47-53(40-33-30-27-24-21-18-15-12-9-2)73-59(69)43-34-31-28-25-22-19-16-13-10-3/h50,52-55H,8-49H2,1-7H3,(H,62,70)(H,63,66)(H,64,67)/t50-,52-,53-,54?,55+/m1/s1. The minimum atomic E-state index is -1.09. The number of ketones is 1. The monoisotopic (exact) mass is 1050 g/mol. The molecule has 0 spiro atoms. The molecule has 1 fully saturated rings. The van der Waals surface area contributed by atoms with Crippen LogP contribution in [0.2, 0.25) is 0 Å². The molecule has 1 aliphatic rings. The minimum absolute atomic E-state index is 0.0138. The molecule has 1 unspecified atom stereocenters.